The molecule has 0 aliphatic heterocycles. The first-order chi connectivity index (χ1) is 10.0. The summed E-state index contributed by atoms with van der Waals surface area (Å²) in [7, 11) is 0. The zero-order chi connectivity index (χ0) is 15.4. The van der Waals surface area contributed by atoms with Crippen LogP contribution in [0.2, 0.25) is 0 Å². The zero-order valence-corrected chi connectivity index (χ0v) is 13.2. The van der Waals surface area contributed by atoms with Crippen molar-refractivity contribution in [2.24, 2.45) is 0 Å². The smallest absolute Gasteiger partial charge is 0.121 e. The molecular weight excluding hydrogens is 264 g/mol. The molecule has 0 bridgehead atoms. The normalized spacial score (nSPS) is 12.7. The fourth-order valence-corrected chi connectivity index (χ4v) is 2.33. The van der Waals surface area contributed by atoms with Crippen molar-refractivity contribution in [3.05, 3.63) is 47.3 Å². The second-order valence-electron chi connectivity index (χ2n) is 5.37. The average Bonchev–Trinajstić information content (AvgIpc) is 2.89. The molecule has 0 spiro atoms. The number of aliphatic hydroxyl groups is 1. The van der Waals surface area contributed by atoms with Gasteiger partial charge in [-0.1, -0.05) is 19.1 Å². The molecule has 0 aliphatic carbocycles. The predicted molar refractivity (Wildman–Crippen MR) is 83.5 cm³/mol. The van der Waals surface area contributed by atoms with Crippen LogP contribution in [0, 0.1) is 0 Å². The summed E-state index contributed by atoms with van der Waals surface area (Å²) in [6.07, 6.45) is 0.294. The van der Waals surface area contributed by atoms with E-state index in [-0.39, 0.29) is 6.10 Å². The highest BCUT2D eigenvalue weighted by Gasteiger charge is 2.17. The van der Waals surface area contributed by atoms with Gasteiger partial charge in [0.15, 0.2) is 0 Å². The number of ether oxygens (including phenoxy) is 1. The highest BCUT2D eigenvalue weighted by atomic mass is 16.5. The molecule has 2 aromatic rings. The summed E-state index contributed by atoms with van der Waals surface area (Å²) < 4.78 is 7.55. The Morgan fingerprint density at radius 1 is 1.24 bits per heavy atom. The first-order valence-corrected chi connectivity index (χ1v) is 7.56. The molecule has 0 saturated carbocycles. The predicted octanol–water partition coefficient (Wildman–Crippen LogP) is 3.33. The van der Waals surface area contributed by atoms with Gasteiger partial charge >= 0.3 is 0 Å². The van der Waals surface area contributed by atoms with Crippen LogP contribution in [0.3, 0.4) is 0 Å². The number of aliphatic hydroxyl groups excluding tert-OH is 1. The van der Waals surface area contributed by atoms with E-state index in [1.807, 2.05) is 55.8 Å². The van der Waals surface area contributed by atoms with Crippen molar-refractivity contribution in [2.45, 2.75) is 52.9 Å². The topological polar surface area (TPSA) is 47.3 Å². The Labute approximate surface area is 126 Å². The minimum atomic E-state index is -0.687. The van der Waals surface area contributed by atoms with E-state index in [0.717, 1.165) is 35.7 Å². The molecule has 21 heavy (non-hydrogen) atoms. The highest BCUT2D eigenvalue weighted by molar-refractivity contribution is 5.34. The Hall–Kier alpha value is -1.81. The lowest BCUT2D eigenvalue weighted by atomic mass is 10.1. The molecular formula is C17H24N2O2. The van der Waals surface area contributed by atoms with Crippen LogP contribution in [0.15, 0.2) is 30.3 Å². The lowest BCUT2D eigenvalue weighted by Gasteiger charge is -2.15. The maximum absolute atomic E-state index is 10.7. The molecule has 0 radical (unpaired) electrons. The second-order valence-corrected chi connectivity index (χ2v) is 5.37. The molecule has 0 fully saturated rings. The van der Waals surface area contributed by atoms with Crippen molar-refractivity contribution in [3.63, 3.8) is 0 Å². The van der Waals surface area contributed by atoms with Crippen LogP contribution in [0.25, 0.3) is 0 Å². The van der Waals surface area contributed by atoms with E-state index in [0.29, 0.717) is 0 Å². The Morgan fingerprint density at radius 2 is 2.00 bits per heavy atom. The van der Waals surface area contributed by atoms with Crippen LogP contribution in [0.5, 0.6) is 5.75 Å². The Kier molecular flexibility index (Phi) is 5.02. The average molecular weight is 288 g/mol. The number of hydrogen-bond donors (Lipinski definition) is 1. The number of rotatable bonds is 6. The first-order valence-electron chi connectivity index (χ1n) is 7.56. The van der Waals surface area contributed by atoms with Gasteiger partial charge in [0, 0.05) is 6.54 Å². The molecule has 114 valence electrons. The number of benzene rings is 1. The number of aromatic nitrogens is 2. The number of hydrogen-bond acceptors (Lipinski definition) is 3. The van der Waals surface area contributed by atoms with Gasteiger partial charge in [-0.15, -0.1) is 0 Å². The van der Waals surface area contributed by atoms with Gasteiger partial charge in [0.05, 0.1) is 17.5 Å². The molecule has 0 saturated heterocycles. The van der Waals surface area contributed by atoms with Crippen molar-refractivity contribution in [3.8, 4) is 5.75 Å². The van der Waals surface area contributed by atoms with Crippen LogP contribution in [-0.4, -0.2) is 21.0 Å². The zero-order valence-electron chi connectivity index (χ0n) is 13.2. The maximum Gasteiger partial charge on any atom is 0.121 e. The Bertz CT molecular complexity index is 590. The molecule has 4 heteroatoms. The van der Waals surface area contributed by atoms with Crippen molar-refractivity contribution < 1.29 is 9.84 Å². The lowest BCUT2D eigenvalue weighted by Crippen LogP contribution is -2.10. The summed E-state index contributed by atoms with van der Waals surface area (Å²) in [6, 6.07) is 9.60. The minimum absolute atomic E-state index is 0.116. The van der Waals surface area contributed by atoms with Crippen LogP contribution in [0.4, 0.5) is 0 Å². The monoisotopic (exact) mass is 288 g/mol. The Balaban J connectivity index is 2.31. The summed E-state index contributed by atoms with van der Waals surface area (Å²) in [5.41, 5.74) is 2.65. The molecule has 1 unspecified atom stereocenters. The highest BCUT2D eigenvalue weighted by Crippen LogP contribution is 2.26. The van der Waals surface area contributed by atoms with Gasteiger partial charge in [-0.25, -0.2) is 0 Å². The van der Waals surface area contributed by atoms with E-state index in [9.17, 15) is 5.11 Å². The third-order valence-electron chi connectivity index (χ3n) is 3.35. The summed E-state index contributed by atoms with van der Waals surface area (Å²) in [5.74, 6) is 0.778. The third kappa shape index (κ3) is 3.64. The van der Waals surface area contributed by atoms with E-state index in [1.165, 1.54) is 0 Å². The third-order valence-corrected chi connectivity index (χ3v) is 3.35. The summed E-state index contributed by atoms with van der Waals surface area (Å²) in [4.78, 5) is 0. The molecule has 0 aliphatic rings. The molecule has 1 atom stereocenters. The van der Waals surface area contributed by atoms with Crippen LogP contribution in [0.1, 0.15) is 50.8 Å². The molecule has 1 N–H and O–H groups in total. The fraction of sp³-hybridized carbons (Fsp3) is 0.471. The van der Waals surface area contributed by atoms with Gasteiger partial charge in [0.25, 0.3) is 0 Å². The van der Waals surface area contributed by atoms with Crippen LogP contribution < -0.4 is 4.74 Å². The summed E-state index contributed by atoms with van der Waals surface area (Å²) >= 11 is 0. The molecule has 2 rings (SSSR count). The van der Waals surface area contributed by atoms with E-state index in [1.54, 1.807) is 0 Å². The van der Waals surface area contributed by atoms with E-state index in [4.69, 9.17) is 4.74 Å². The summed E-state index contributed by atoms with van der Waals surface area (Å²) in [6.45, 7) is 8.82. The fourth-order valence-electron chi connectivity index (χ4n) is 2.33. The van der Waals surface area contributed by atoms with Crippen LogP contribution in [-0.2, 0) is 13.0 Å². The maximum atomic E-state index is 10.7. The second kappa shape index (κ2) is 6.76. The van der Waals surface area contributed by atoms with Crippen molar-refractivity contribution >= 4 is 0 Å². The minimum Gasteiger partial charge on any atom is -0.491 e. The molecule has 4 nitrogen and oxygen atoms in total. The van der Waals surface area contributed by atoms with Gasteiger partial charge in [-0.3, -0.25) is 4.68 Å². The van der Waals surface area contributed by atoms with Crippen molar-refractivity contribution in [1.82, 2.24) is 9.78 Å². The molecule has 0 amide bonds. The molecule has 1 aromatic carbocycles. The van der Waals surface area contributed by atoms with Crippen molar-refractivity contribution in [1.29, 1.82) is 0 Å². The quantitative estimate of drug-likeness (QED) is 0.887. The van der Waals surface area contributed by atoms with E-state index < -0.39 is 6.10 Å². The van der Waals surface area contributed by atoms with Gasteiger partial charge in [0.1, 0.15) is 11.9 Å². The van der Waals surface area contributed by atoms with Crippen molar-refractivity contribution in [2.75, 3.05) is 0 Å². The van der Waals surface area contributed by atoms with Gasteiger partial charge < -0.3 is 9.84 Å². The van der Waals surface area contributed by atoms with E-state index in [2.05, 4.69) is 12.0 Å². The van der Waals surface area contributed by atoms with E-state index >= 15 is 0 Å². The summed E-state index contributed by atoms with van der Waals surface area (Å²) in [5, 5.41) is 15.1. The first kappa shape index (κ1) is 15.6. The largest absolute Gasteiger partial charge is 0.491 e. The molecule has 1 aromatic heterocycles. The van der Waals surface area contributed by atoms with Gasteiger partial charge in [-0.05, 0) is 51.0 Å². The Morgan fingerprint density at radius 3 is 2.62 bits per heavy atom. The SMILES string of the molecule is CCc1cc(C(O)c2cccc(OC(C)C)c2)n(CC)n1. The lowest BCUT2D eigenvalue weighted by molar-refractivity contribution is 0.205. The molecule has 1 heterocycles. The van der Waals surface area contributed by atoms with Gasteiger partial charge in [-0.2, -0.15) is 5.10 Å². The van der Waals surface area contributed by atoms with Gasteiger partial charge in [0.2, 0.25) is 0 Å². The standard InChI is InChI=1S/C17H24N2O2/c1-5-14-11-16(19(6-2)18-14)17(20)13-8-7-9-15(10-13)21-12(3)4/h7-12,17,20H,5-6H2,1-4H3. The van der Waals surface area contributed by atoms with Crippen LogP contribution >= 0.6 is 0 Å². The number of nitrogens with zero attached hydrogens (tertiary/aromatic N) is 2. The number of aryl methyl sites for hydroxylation is 2.